The summed E-state index contributed by atoms with van der Waals surface area (Å²) in [5.74, 6) is -1.71. The molecule has 0 radical (unpaired) electrons. The van der Waals surface area contributed by atoms with Crippen LogP contribution in [-0.4, -0.2) is 36.7 Å². The zero-order chi connectivity index (χ0) is 21.8. The van der Waals surface area contributed by atoms with Crippen molar-refractivity contribution in [1.29, 1.82) is 0 Å². The van der Waals surface area contributed by atoms with Crippen LogP contribution in [0.3, 0.4) is 0 Å². The van der Waals surface area contributed by atoms with Crippen molar-refractivity contribution in [3.05, 3.63) is 52.9 Å². The molecule has 0 aliphatic carbocycles. The molecule has 1 N–H and O–H groups in total. The van der Waals surface area contributed by atoms with Gasteiger partial charge in [-0.3, -0.25) is 0 Å². The molecule has 2 unspecified atom stereocenters. The summed E-state index contributed by atoms with van der Waals surface area (Å²) in [4.78, 5) is 24.7. The van der Waals surface area contributed by atoms with Crippen LogP contribution >= 0.6 is 0 Å². The van der Waals surface area contributed by atoms with Crippen molar-refractivity contribution in [1.82, 2.24) is 5.32 Å². The molecule has 1 aromatic carbocycles. The van der Waals surface area contributed by atoms with E-state index in [-0.39, 0.29) is 22.7 Å². The molecule has 1 heterocycles. The quantitative estimate of drug-likeness (QED) is 0.722. The Morgan fingerprint density at radius 1 is 1.07 bits per heavy atom. The maximum atomic E-state index is 15.1. The number of esters is 2. The lowest BCUT2D eigenvalue weighted by Crippen LogP contribution is -2.37. The Bertz CT molecular complexity index is 827. The van der Waals surface area contributed by atoms with E-state index < -0.39 is 42.2 Å². The molecule has 0 bridgehead atoms. The average molecular weight is 409 g/mol. The van der Waals surface area contributed by atoms with Crippen molar-refractivity contribution in [3.63, 3.8) is 0 Å². The van der Waals surface area contributed by atoms with Gasteiger partial charge in [-0.1, -0.05) is 18.2 Å². The van der Waals surface area contributed by atoms with Crippen LogP contribution in [0.25, 0.3) is 0 Å². The van der Waals surface area contributed by atoms with Crippen molar-refractivity contribution in [2.45, 2.75) is 52.7 Å². The number of hydrogen-bond acceptors (Lipinski definition) is 6. The minimum absolute atomic E-state index is 0.173. The Balaban J connectivity index is 2.05. The zero-order valence-corrected chi connectivity index (χ0v) is 17.0. The first-order chi connectivity index (χ1) is 13.5. The van der Waals surface area contributed by atoms with Gasteiger partial charge in [0.15, 0.2) is 12.8 Å². The number of halogens is 2. The van der Waals surface area contributed by atoms with Crippen molar-refractivity contribution >= 4 is 11.9 Å². The van der Waals surface area contributed by atoms with Gasteiger partial charge in [0.05, 0.1) is 11.1 Å². The molecule has 0 spiro atoms. The summed E-state index contributed by atoms with van der Waals surface area (Å²) in [7, 11) is 0. The van der Waals surface area contributed by atoms with Gasteiger partial charge in [0.25, 0.3) is 6.36 Å². The monoisotopic (exact) mass is 409 g/mol. The summed E-state index contributed by atoms with van der Waals surface area (Å²) >= 11 is 0. The number of rotatable bonds is 6. The Morgan fingerprint density at radius 2 is 1.62 bits per heavy atom. The third kappa shape index (κ3) is 6.04. The number of allylic oxidation sites excluding steroid dienone is 2. The number of carbonyl (C=O) groups is 2. The molecule has 2 rings (SSSR count). The van der Waals surface area contributed by atoms with Crippen molar-refractivity contribution < 1.29 is 32.6 Å². The fraction of sp³-hybridized carbons (Fsp3) is 0.429. The molecule has 0 saturated heterocycles. The van der Waals surface area contributed by atoms with E-state index in [9.17, 15) is 14.0 Å². The van der Waals surface area contributed by atoms with Gasteiger partial charge in [0.1, 0.15) is 11.4 Å². The number of benzene rings is 1. The second-order valence-electron chi connectivity index (χ2n) is 7.51. The lowest BCUT2D eigenvalue weighted by molar-refractivity contribution is -0.150. The Morgan fingerprint density at radius 3 is 2.17 bits per heavy atom. The van der Waals surface area contributed by atoms with Crippen LogP contribution < -0.4 is 10.1 Å². The van der Waals surface area contributed by atoms with Crippen LogP contribution in [0.1, 0.15) is 34.6 Å². The molecule has 0 fully saturated rings. The van der Waals surface area contributed by atoms with E-state index >= 15 is 4.39 Å². The fourth-order valence-electron chi connectivity index (χ4n) is 2.69. The number of alkyl halides is 2. The molecule has 0 amide bonds. The zero-order valence-electron chi connectivity index (χ0n) is 17.0. The summed E-state index contributed by atoms with van der Waals surface area (Å²) < 4.78 is 44.1. The predicted molar refractivity (Wildman–Crippen MR) is 102 cm³/mol. The molecule has 158 valence electrons. The van der Waals surface area contributed by atoms with Crippen molar-refractivity contribution in [2.24, 2.45) is 0 Å². The van der Waals surface area contributed by atoms with Gasteiger partial charge < -0.3 is 19.5 Å². The maximum Gasteiger partial charge on any atom is 0.339 e. The third-order valence-electron chi connectivity index (χ3n) is 3.88. The maximum absolute atomic E-state index is 15.1. The second-order valence-corrected chi connectivity index (χ2v) is 7.51. The molecule has 1 aromatic rings. The lowest BCUT2D eigenvalue weighted by Gasteiger charge is -2.28. The molecule has 8 heteroatoms. The summed E-state index contributed by atoms with van der Waals surface area (Å²) in [6.45, 7) is 7.18. The molecule has 29 heavy (non-hydrogen) atoms. The summed E-state index contributed by atoms with van der Waals surface area (Å²) in [6, 6.07) is 8.16. The van der Waals surface area contributed by atoms with Gasteiger partial charge in [0.2, 0.25) is 0 Å². The number of hydrogen-bond donors (Lipinski definition) is 1. The lowest BCUT2D eigenvalue weighted by atomic mass is 9.96. The van der Waals surface area contributed by atoms with E-state index in [0.717, 1.165) is 0 Å². The summed E-state index contributed by atoms with van der Waals surface area (Å²) in [5, 5.41) is 2.78. The van der Waals surface area contributed by atoms with E-state index in [1.807, 2.05) is 0 Å². The summed E-state index contributed by atoms with van der Waals surface area (Å²) in [6.07, 6.45) is -3.99. The number of carbonyl (C=O) groups excluding carboxylic acids is 2. The Kier molecular flexibility index (Phi) is 7.00. The van der Waals surface area contributed by atoms with Gasteiger partial charge in [-0.15, -0.1) is 0 Å². The van der Waals surface area contributed by atoms with Gasteiger partial charge >= 0.3 is 11.9 Å². The largest absolute Gasteiger partial charge is 0.457 e. The van der Waals surface area contributed by atoms with Gasteiger partial charge in [-0.2, -0.15) is 4.39 Å². The van der Waals surface area contributed by atoms with Crippen LogP contribution in [0.5, 0.6) is 5.75 Å². The molecule has 2 atom stereocenters. The first kappa shape index (κ1) is 22.4. The van der Waals surface area contributed by atoms with Gasteiger partial charge in [0, 0.05) is 11.4 Å². The van der Waals surface area contributed by atoms with Crippen molar-refractivity contribution in [3.8, 4) is 5.75 Å². The minimum atomic E-state index is -2.06. The molecular weight excluding hydrogens is 384 g/mol. The molecule has 1 aliphatic rings. The Labute approximate surface area is 168 Å². The Hall–Kier alpha value is -2.90. The van der Waals surface area contributed by atoms with Gasteiger partial charge in [-0.25, -0.2) is 14.0 Å². The van der Waals surface area contributed by atoms with E-state index in [0.29, 0.717) is 0 Å². The molecule has 1 aliphatic heterocycles. The highest BCUT2D eigenvalue weighted by atomic mass is 19.1. The van der Waals surface area contributed by atoms with Crippen LogP contribution in [0.15, 0.2) is 52.9 Å². The molecule has 6 nitrogen and oxygen atoms in total. The second kappa shape index (κ2) is 9.07. The topological polar surface area (TPSA) is 73.9 Å². The fourth-order valence-corrected chi connectivity index (χ4v) is 2.69. The van der Waals surface area contributed by atoms with Gasteiger partial charge in [-0.05, 0) is 46.8 Å². The first-order valence-corrected chi connectivity index (χ1v) is 9.08. The van der Waals surface area contributed by atoms with Crippen LogP contribution in [0.2, 0.25) is 0 Å². The standard InChI is InChI=1S/C21H25F2NO5/c1-12-16(18(23)17(13(2)24-12)20(26)29-21(3,4)5)19(25)27-11-15(22)28-14-9-7-6-8-10-14/h6-10,15,18,24H,11H2,1-5H3. The first-order valence-electron chi connectivity index (χ1n) is 9.08. The summed E-state index contributed by atoms with van der Waals surface area (Å²) in [5.41, 5.74) is -1.17. The number of ether oxygens (including phenoxy) is 3. The highest BCUT2D eigenvalue weighted by molar-refractivity contribution is 5.98. The SMILES string of the molecule is CC1=C(C(=O)OCC(F)Oc2ccccc2)C(F)C(C(=O)OC(C)(C)C)=C(C)N1. The predicted octanol–water partition coefficient (Wildman–Crippen LogP) is 3.74. The number of dihydropyridines is 1. The molecule has 0 aromatic heterocycles. The van der Waals surface area contributed by atoms with E-state index in [1.165, 1.54) is 13.8 Å². The molecule has 0 saturated carbocycles. The van der Waals surface area contributed by atoms with E-state index in [1.54, 1.807) is 51.1 Å². The van der Waals surface area contributed by atoms with Crippen LogP contribution in [0.4, 0.5) is 8.78 Å². The number of para-hydroxylation sites is 1. The van der Waals surface area contributed by atoms with Crippen LogP contribution in [-0.2, 0) is 19.1 Å². The average Bonchev–Trinajstić information content (AvgIpc) is 2.58. The van der Waals surface area contributed by atoms with Crippen molar-refractivity contribution in [2.75, 3.05) is 6.61 Å². The highest BCUT2D eigenvalue weighted by Crippen LogP contribution is 2.29. The number of nitrogens with one attached hydrogen (secondary N) is 1. The van der Waals surface area contributed by atoms with E-state index in [4.69, 9.17) is 14.2 Å². The van der Waals surface area contributed by atoms with Crippen LogP contribution in [0, 0.1) is 0 Å². The highest BCUT2D eigenvalue weighted by Gasteiger charge is 2.38. The molecular formula is C21H25F2NO5. The normalized spacial score (nSPS) is 18.1. The smallest absolute Gasteiger partial charge is 0.339 e. The van der Waals surface area contributed by atoms with E-state index in [2.05, 4.69) is 5.32 Å². The third-order valence-corrected chi connectivity index (χ3v) is 3.88. The minimum Gasteiger partial charge on any atom is -0.457 e.